The molecule has 7 aromatic rings. The lowest BCUT2D eigenvalue weighted by Gasteiger charge is -2.09. The fourth-order valence-corrected chi connectivity index (χ4v) is 7.33. The summed E-state index contributed by atoms with van der Waals surface area (Å²) in [4.78, 5) is 9.57. The molecule has 4 heteroatoms. The highest BCUT2D eigenvalue weighted by Crippen LogP contribution is 2.38. The smallest absolute Gasteiger partial charge is 0.221 e. The molecule has 4 aromatic carbocycles. The van der Waals surface area contributed by atoms with Gasteiger partial charge < -0.3 is 4.74 Å². The summed E-state index contributed by atoms with van der Waals surface area (Å²) in [5, 5.41) is 2.75. The molecule has 0 saturated heterocycles. The van der Waals surface area contributed by atoms with Gasteiger partial charge in [-0.25, -0.2) is 9.97 Å². The van der Waals surface area contributed by atoms with Crippen molar-refractivity contribution in [1.29, 1.82) is 0 Å². The second-order valence-corrected chi connectivity index (χ2v) is 11.9. The molecule has 10 bridgehead atoms. The van der Waals surface area contributed by atoms with Crippen molar-refractivity contribution in [3.63, 3.8) is 0 Å². The molecule has 4 aliphatic rings. The molecular weight excluding hydrogens is 532 g/mol. The molecule has 42 heavy (non-hydrogen) atoms. The van der Waals surface area contributed by atoms with E-state index in [0.717, 1.165) is 48.2 Å². The first-order valence-electron chi connectivity index (χ1n) is 14.5. The molecular formula is C38H28N2OS. The van der Waals surface area contributed by atoms with E-state index in [-0.39, 0.29) is 0 Å². The molecule has 11 rings (SSSR count). The minimum Gasteiger partial charge on any atom is -0.421 e. The van der Waals surface area contributed by atoms with Crippen LogP contribution >= 0.6 is 11.3 Å². The fraction of sp³-hybridized carbons (Fsp3) is 0.105. The largest absolute Gasteiger partial charge is 0.421 e. The maximum absolute atomic E-state index is 6.12. The SMILES string of the molecule is c1cc2nc(c1)-c1ccc(cc1)CCc1cccc3c1sc1c(cccc13)CCc1ccc(cc1)-c1cccc(n1)O2. The van der Waals surface area contributed by atoms with Crippen LogP contribution in [0.4, 0.5) is 0 Å². The average molecular weight is 561 g/mol. The lowest BCUT2D eigenvalue weighted by molar-refractivity contribution is 0.446. The normalized spacial score (nSPS) is 13.0. The first-order valence-corrected chi connectivity index (χ1v) is 15.3. The molecule has 0 aliphatic carbocycles. The Balaban J connectivity index is 1.22. The third-order valence-electron chi connectivity index (χ3n) is 8.21. The standard InChI is InChI=1S/C38H28N2OS/c1-5-29-23-17-25-13-19-27(20-14-25)33-9-3-11-35(39-33)41-36-12-4-10-34(40-36)28-21-15-26(16-22-28)18-24-30-6-2-8-32-31(7-1)37(29)42-38(30)32/h1-16,19-22H,17-18,23-24H2. The molecule has 0 radical (unpaired) electrons. The monoisotopic (exact) mass is 560 g/mol. The number of hydrogen-bond donors (Lipinski definition) is 0. The number of aromatic nitrogens is 2. The molecule has 7 heterocycles. The average Bonchev–Trinajstić information content (AvgIpc) is 3.43. The van der Waals surface area contributed by atoms with Gasteiger partial charge in [0.1, 0.15) is 0 Å². The van der Waals surface area contributed by atoms with Crippen molar-refractivity contribution >= 4 is 31.5 Å². The van der Waals surface area contributed by atoms with Gasteiger partial charge in [-0.05, 0) is 60.1 Å². The summed E-state index contributed by atoms with van der Waals surface area (Å²) in [6.45, 7) is 0. The lowest BCUT2D eigenvalue weighted by Crippen LogP contribution is -1.95. The number of pyridine rings is 2. The molecule has 3 aromatic heterocycles. The van der Waals surface area contributed by atoms with Crippen LogP contribution in [0.15, 0.2) is 121 Å². The third kappa shape index (κ3) is 4.74. The van der Waals surface area contributed by atoms with Crippen LogP contribution in [0, 0.1) is 0 Å². The second-order valence-electron chi connectivity index (χ2n) is 10.9. The van der Waals surface area contributed by atoms with Crippen LogP contribution in [-0.2, 0) is 25.7 Å². The van der Waals surface area contributed by atoms with Crippen molar-refractivity contribution in [2.45, 2.75) is 25.7 Å². The van der Waals surface area contributed by atoms with Crippen LogP contribution in [0.3, 0.4) is 0 Å². The summed E-state index contributed by atoms with van der Waals surface area (Å²) in [7, 11) is 0. The van der Waals surface area contributed by atoms with Crippen LogP contribution in [0.2, 0.25) is 0 Å². The molecule has 0 saturated carbocycles. The van der Waals surface area contributed by atoms with Crippen molar-refractivity contribution in [1.82, 2.24) is 9.97 Å². The summed E-state index contributed by atoms with van der Waals surface area (Å²) < 4.78 is 8.97. The van der Waals surface area contributed by atoms with Gasteiger partial charge >= 0.3 is 0 Å². The molecule has 202 valence electrons. The van der Waals surface area contributed by atoms with Gasteiger partial charge in [-0.15, -0.1) is 11.3 Å². The van der Waals surface area contributed by atoms with E-state index in [1.165, 1.54) is 42.4 Å². The molecule has 0 spiro atoms. The predicted molar refractivity (Wildman–Crippen MR) is 174 cm³/mol. The zero-order valence-electron chi connectivity index (χ0n) is 23.1. The summed E-state index contributed by atoms with van der Waals surface area (Å²) >= 11 is 1.96. The Labute approximate surface area is 249 Å². The molecule has 3 nitrogen and oxygen atoms in total. The number of aryl methyl sites for hydroxylation is 4. The summed E-state index contributed by atoms with van der Waals surface area (Å²) in [5.74, 6) is 1.06. The minimum absolute atomic E-state index is 0.532. The molecule has 4 aliphatic heterocycles. The number of benzene rings is 4. The number of nitrogens with zero attached hydrogens (tertiary/aromatic N) is 2. The van der Waals surface area contributed by atoms with Gasteiger partial charge in [0.15, 0.2) is 0 Å². The van der Waals surface area contributed by atoms with E-state index < -0.39 is 0 Å². The highest BCUT2D eigenvalue weighted by atomic mass is 32.1. The summed E-state index contributed by atoms with van der Waals surface area (Å²) in [6.07, 6.45) is 4.02. The van der Waals surface area contributed by atoms with Gasteiger partial charge in [-0.2, -0.15) is 0 Å². The first kappa shape index (κ1) is 25.0. The van der Waals surface area contributed by atoms with Crippen LogP contribution in [-0.4, -0.2) is 9.97 Å². The lowest BCUT2D eigenvalue weighted by atomic mass is 9.99. The predicted octanol–water partition coefficient (Wildman–Crippen LogP) is 9.85. The zero-order chi connectivity index (χ0) is 27.9. The van der Waals surface area contributed by atoms with E-state index in [1.54, 1.807) is 0 Å². The molecule has 0 unspecified atom stereocenters. The van der Waals surface area contributed by atoms with E-state index in [9.17, 15) is 0 Å². The number of ether oxygens (including phenoxy) is 1. The number of thiophene rings is 1. The van der Waals surface area contributed by atoms with Crippen molar-refractivity contribution < 1.29 is 4.74 Å². The fourth-order valence-electron chi connectivity index (χ4n) is 5.95. The van der Waals surface area contributed by atoms with Crippen molar-refractivity contribution in [2.24, 2.45) is 0 Å². The Bertz CT molecular complexity index is 1910. The third-order valence-corrected chi connectivity index (χ3v) is 9.58. The van der Waals surface area contributed by atoms with Gasteiger partial charge in [0.05, 0.1) is 11.4 Å². The van der Waals surface area contributed by atoms with E-state index in [0.29, 0.717) is 11.8 Å². The van der Waals surface area contributed by atoms with Gasteiger partial charge in [-0.3, -0.25) is 0 Å². The van der Waals surface area contributed by atoms with Gasteiger partial charge in [0, 0.05) is 43.4 Å². The van der Waals surface area contributed by atoms with E-state index >= 15 is 0 Å². The topological polar surface area (TPSA) is 35.0 Å². The molecule has 0 atom stereocenters. The highest BCUT2D eigenvalue weighted by Gasteiger charge is 2.13. The summed E-state index contributed by atoms with van der Waals surface area (Å²) in [6, 6.07) is 42.9. The van der Waals surface area contributed by atoms with Gasteiger partial charge in [0.2, 0.25) is 11.8 Å². The second kappa shape index (κ2) is 10.6. The Hall–Kier alpha value is -4.80. The maximum Gasteiger partial charge on any atom is 0.221 e. The molecule has 0 N–H and O–H groups in total. The highest BCUT2D eigenvalue weighted by molar-refractivity contribution is 7.26. The summed E-state index contributed by atoms with van der Waals surface area (Å²) in [5.41, 5.74) is 9.41. The number of hydrogen-bond acceptors (Lipinski definition) is 4. The van der Waals surface area contributed by atoms with Crippen LogP contribution in [0.25, 0.3) is 42.7 Å². The van der Waals surface area contributed by atoms with E-state index in [1.807, 2.05) is 47.7 Å². The van der Waals surface area contributed by atoms with Crippen LogP contribution < -0.4 is 4.74 Å². The molecule has 0 amide bonds. The van der Waals surface area contributed by atoms with Gasteiger partial charge in [0.25, 0.3) is 0 Å². The Morgan fingerprint density at radius 2 is 0.905 bits per heavy atom. The Kier molecular flexibility index (Phi) is 6.27. The first-order chi connectivity index (χ1) is 20.8. The number of rotatable bonds is 0. The van der Waals surface area contributed by atoms with Crippen molar-refractivity contribution in [2.75, 3.05) is 0 Å². The molecule has 0 fully saturated rings. The Morgan fingerprint density at radius 1 is 0.452 bits per heavy atom. The van der Waals surface area contributed by atoms with Crippen LogP contribution in [0.5, 0.6) is 11.8 Å². The van der Waals surface area contributed by atoms with Crippen molar-refractivity contribution in [3.05, 3.63) is 144 Å². The Morgan fingerprint density at radius 3 is 1.38 bits per heavy atom. The zero-order valence-corrected chi connectivity index (χ0v) is 23.9. The minimum atomic E-state index is 0.532. The van der Waals surface area contributed by atoms with Crippen molar-refractivity contribution in [3.8, 4) is 34.3 Å². The maximum atomic E-state index is 6.12. The van der Waals surface area contributed by atoms with E-state index in [2.05, 4.69) is 84.9 Å². The number of fused-ring (bicyclic) bond motifs is 1. The van der Waals surface area contributed by atoms with Gasteiger partial charge in [-0.1, -0.05) is 97.1 Å². The quantitative estimate of drug-likeness (QED) is 0.185. The van der Waals surface area contributed by atoms with E-state index in [4.69, 9.17) is 14.7 Å². The van der Waals surface area contributed by atoms with Crippen LogP contribution in [0.1, 0.15) is 22.3 Å².